The minimum absolute atomic E-state index is 0.101. The molecule has 1 heterocycles. The molecule has 0 spiro atoms. The van der Waals surface area contributed by atoms with Gasteiger partial charge in [0.1, 0.15) is 18.5 Å². The first-order chi connectivity index (χ1) is 16.1. The van der Waals surface area contributed by atoms with E-state index in [2.05, 4.69) is 15.6 Å². The number of amides is 2. The van der Waals surface area contributed by atoms with Crippen molar-refractivity contribution in [3.63, 3.8) is 0 Å². The first kappa shape index (κ1) is 22.1. The van der Waals surface area contributed by atoms with Crippen molar-refractivity contribution in [1.82, 2.24) is 15.6 Å². The van der Waals surface area contributed by atoms with Crippen LogP contribution in [-0.2, 0) is 29.1 Å². The summed E-state index contributed by atoms with van der Waals surface area (Å²) in [6.45, 7) is 0.313. The monoisotopic (exact) mass is 445 g/mol. The number of aromatic nitrogens is 1. The summed E-state index contributed by atoms with van der Waals surface area (Å²) in [6, 6.07) is 22.1. The highest BCUT2D eigenvalue weighted by molar-refractivity contribution is 5.88. The quantitative estimate of drug-likeness (QED) is 0.374. The number of halogens is 1. The van der Waals surface area contributed by atoms with E-state index in [4.69, 9.17) is 4.74 Å². The number of ether oxygens (including phenoxy) is 1. The largest absolute Gasteiger partial charge is 0.445 e. The minimum atomic E-state index is -0.854. The Bertz CT molecular complexity index is 1220. The van der Waals surface area contributed by atoms with Crippen molar-refractivity contribution >= 4 is 22.9 Å². The number of aromatic amines is 1. The van der Waals surface area contributed by atoms with Crippen molar-refractivity contribution in [1.29, 1.82) is 0 Å². The molecule has 3 N–H and O–H groups in total. The number of para-hydroxylation sites is 1. The van der Waals surface area contributed by atoms with Gasteiger partial charge in [0.15, 0.2) is 0 Å². The molecular formula is C26H24FN3O3. The van der Waals surface area contributed by atoms with Crippen LogP contribution in [0.15, 0.2) is 85.1 Å². The molecule has 0 aliphatic carbocycles. The van der Waals surface area contributed by atoms with E-state index in [9.17, 15) is 14.0 Å². The maximum atomic E-state index is 13.1. The molecule has 0 unspecified atom stereocenters. The summed E-state index contributed by atoms with van der Waals surface area (Å²) in [5.41, 5.74) is 3.45. The van der Waals surface area contributed by atoms with Crippen molar-refractivity contribution in [2.45, 2.75) is 25.6 Å². The molecule has 0 bridgehead atoms. The minimum Gasteiger partial charge on any atom is -0.445 e. The first-order valence-electron chi connectivity index (χ1n) is 10.6. The highest BCUT2D eigenvalue weighted by Crippen LogP contribution is 2.19. The Labute approximate surface area is 190 Å². The zero-order valence-corrected chi connectivity index (χ0v) is 17.9. The van der Waals surface area contributed by atoms with Gasteiger partial charge in [-0.2, -0.15) is 0 Å². The molecule has 4 rings (SSSR count). The number of carbonyl (C=O) groups excluding carboxylic acids is 2. The van der Waals surface area contributed by atoms with Crippen molar-refractivity contribution < 1.29 is 18.7 Å². The fraction of sp³-hybridized carbons (Fsp3) is 0.154. The van der Waals surface area contributed by atoms with Gasteiger partial charge in [0.2, 0.25) is 5.91 Å². The summed E-state index contributed by atoms with van der Waals surface area (Å²) in [5.74, 6) is -0.702. The van der Waals surface area contributed by atoms with Gasteiger partial charge in [-0.1, -0.05) is 60.7 Å². The molecule has 0 saturated carbocycles. The number of H-pyrrole nitrogens is 1. The third kappa shape index (κ3) is 5.98. The zero-order chi connectivity index (χ0) is 23.0. The molecule has 0 aliphatic rings. The Kier molecular flexibility index (Phi) is 6.99. The molecular weight excluding hydrogens is 421 g/mol. The number of rotatable bonds is 8. The topological polar surface area (TPSA) is 83.2 Å². The van der Waals surface area contributed by atoms with Gasteiger partial charge in [-0.3, -0.25) is 4.79 Å². The number of carbonyl (C=O) groups is 2. The van der Waals surface area contributed by atoms with Gasteiger partial charge in [0.25, 0.3) is 0 Å². The fourth-order valence-corrected chi connectivity index (χ4v) is 3.55. The molecule has 6 nitrogen and oxygen atoms in total. The highest BCUT2D eigenvalue weighted by atomic mass is 19.1. The average Bonchev–Trinajstić information content (AvgIpc) is 3.25. The average molecular weight is 445 g/mol. The number of hydrogen-bond acceptors (Lipinski definition) is 3. The van der Waals surface area contributed by atoms with Gasteiger partial charge in [0.05, 0.1) is 0 Å². The van der Waals surface area contributed by atoms with E-state index in [0.29, 0.717) is 0 Å². The van der Waals surface area contributed by atoms with Gasteiger partial charge in [0, 0.05) is 30.1 Å². The number of alkyl carbamates (subject to hydrolysis) is 1. The van der Waals surface area contributed by atoms with Crippen LogP contribution < -0.4 is 10.6 Å². The molecule has 1 atom stereocenters. The van der Waals surface area contributed by atoms with Crippen molar-refractivity contribution in [3.05, 3.63) is 108 Å². The molecule has 4 aromatic rings. The second-order valence-electron chi connectivity index (χ2n) is 7.67. The van der Waals surface area contributed by atoms with Gasteiger partial charge >= 0.3 is 6.09 Å². The Hall–Kier alpha value is -4.13. The van der Waals surface area contributed by atoms with Gasteiger partial charge < -0.3 is 20.4 Å². The lowest BCUT2D eigenvalue weighted by atomic mass is 10.0. The molecule has 0 aliphatic heterocycles. The number of fused-ring (bicyclic) bond motifs is 1. The molecule has 33 heavy (non-hydrogen) atoms. The highest BCUT2D eigenvalue weighted by Gasteiger charge is 2.23. The second-order valence-corrected chi connectivity index (χ2v) is 7.67. The van der Waals surface area contributed by atoms with E-state index in [1.54, 1.807) is 12.1 Å². The Balaban J connectivity index is 1.44. The van der Waals surface area contributed by atoms with Gasteiger partial charge in [-0.05, 0) is 34.9 Å². The second kappa shape index (κ2) is 10.5. The van der Waals surface area contributed by atoms with Crippen LogP contribution in [0.4, 0.5) is 9.18 Å². The van der Waals surface area contributed by atoms with Crippen molar-refractivity contribution in [2.24, 2.45) is 0 Å². The zero-order valence-electron chi connectivity index (χ0n) is 17.9. The van der Waals surface area contributed by atoms with Gasteiger partial charge in [-0.25, -0.2) is 9.18 Å². The number of benzene rings is 3. The molecule has 0 radical (unpaired) electrons. The predicted octanol–water partition coefficient (Wildman–Crippen LogP) is 4.46. The fourth-order valence-electron chi connectivity index (χ4n) is 3.55. The van der Waals surface area contributed by atoms with E-state index in [0.717, 1.165) is 27.6 Å². The van der Waals surface area contributed by atoms with Crippen LogP contribution in [-0.4, -0.2) is 23.0 Å². The summed E-state index contributed by atoms with van der Waals surface area (Å²) in [6.07, 6.45) is 1.43. The third-order valence-electron chi connectivity index (χ3n) is 5.30. The predicted molar refractivity (Wildman–Crippen MR) is 124 cm³/mol. The number of hydrogen-bond donors (Lipinski definition) is 3. The molecule has 1 aromatic heterocycles. The number of nitrogens with one attached hydrogen (secondary N) is 3. The Morgan fingerprint density at radius 3 is 2.42 bits per heavy atom. The lowest BCUT2D eigenvalue weighted by Gasteiger charge is -2.18. The summed E-state index contributed by atoms with van der Waals surface area (Å²) in [4.78, 5) is 28.6. The maximum Gasteiger partial charge on any atom is 0.408 e. The smallest absolute Gasteiger partial charge is 0.408 e. The van der Waals surface area contributed by atoms with Crippen LogP contribution in [0.25, 0.3) is 10.9 Å². The van der Waals surface area contributed by atoms with E-state index < -0.39 is 12.1 Å². The third-order valence-corrected chi connectivity index (χ3v) is 5.30. The molecule has 3 aromatic carbocycles. The molecule has 168 valence electrons. The van der Waals surface area contributed by atoms with E-state index in [1.807, 2.05) is 60.8 Å². The standard InChI is InChI=1S/C26H24FN3O3/c27-21-12-10-18(11-13-21)15-29-25(31)24(14-20-16-28-23-9-5-4-8-22(20)23)30-26(32)33-17-19-6-2-1-3-7-19/h1-13,16,24,28H,14-15,17H2,(H,29,31)(H,30,32)/t24-/m0/s1. The van der Waals surface area contributed by atoms with Crippen LogP contribution in [0.3, 0.4) is 0 Å². The van der Waals surface area contributed by atoms with Crippen molar-refractivity contribution in [3.8, 4) is 0 Å². The maximum absolute atomic E-state index is 13.1. The molecule has 2 amide bonds. The molecule has 0 saturated heterocycles. The van der Waals surface area contributed by atoms with E-state index in [-0.39, 0.29) is 31.3 Å². The van der Waals surface area contributed by atoms with Crippen LogP contribution in [0.1, 0.15) is 16.7 Å². The van der Waals surface area contributed by atoms with Crippen LogP contribution >= 0.6 is 0 Å². The Morgan fingerprint density at radius 2 is 1.64 bits per heavy atom. The molecule has 0 fully saturated rings. The summed E-state index contributed by atoms with van der Waals surface area (Å²) < 4.78 is 18.5. The van der Waals surface area contributed by atoms with Gasteiger partial charge in [-0.15, -0.1) is 0 Å². The van der Waals surface area contributed by atoms with Crippen LogP contribution in [0.5, 0.6) is 0 Å². The lowest BCUT2D eigenvalue weighted by Crippen LogP contribution is -2.48. The molecule has 7 heteroatoms. The van der Waals surface area contributed by atoms with Crippen LogP contribution in [0.2, 0.25) is 0 Å². The lowest BCUT2D eigenvalue weighted by molar-refractivity contribution is -0.123. The van der Waals surface area contributed by atoms with E-state index in [1.165, 1.54) is 12.1 Å². The van der Waals surface area contributed by atoms with E-state index >= 15 is 0 Å². The normalized spacial score (nSPS) is 11.7. The SMILES string of the molecule is O=C(N[C@@H](Cc1c[nH]c2ccccc12)C(=O)NCc1ccc(F)cc1)OCc1ccccc1. The summed E-state index contributed by atoms with van der Waals surface area (Å²) in [7, 11) is 0. The van der Waals surface area contributed by atoms with Crippen LogP contribution in [0, 0.1) is 5.82 Å². The summed E-state index contributed by atoms with van der Waals surface area (Å²) in [5, 5.41) is 6.48. The first-order valence-corrected chi connectivity index (χ1v) is 10.6. The Morgan fingerprint density at radius 1 is 0.909 bits per heavy atom. The van der Waals surface area contributed by atoms with Crippen molar-refractivity contribution in [2.75, 3.05) is 0 Å². The summed E-state index contributed by atoms with van der Waals surface area (Å²) >= 11 is 0.